The quantitative estimate of drug-likeness (QED) is 0.664. The van der Waals surface area contributed by atoms with E-state index in [0.29, 0.717) is 18.3 Å². The topological polar surface area (TPSA) is 78.4 Å². The van der Waals surface area contributed by atoms with Gasteiger partial charge >= 0.3 is 5.97 Å². The summed E-state index contributed by atoms with van der Waals surface area (Å²) in [4.78, 5) is 23.3. The molecule has 3 atom stereocenters. The molecular weight excluding hydrogens is 256 g/mol. The number of carboxylic acids is 1. The molecule has 0 aromatic heterocycles. The molecule has 1 fully saturated rings. The fourth-order valence-corrected chi connectivity index (χ4v) is 2.75. The lowest BCUT2D eigenvalue weighted by Gasteiger charge is -2.29. The van der Waals surface area contributed by atoms with Crippen molar-refractivity contribution in [1.29, 1.82) is 0 Å². The average Bonchev–Trinajstić information content (AvgIpc) is 2.42. The Bertz CT molecular complexity index is 331. The molecule has 0 radical (unpaired) electrons. The minimum atomic E-state index is -0.831. The molecule has 0 aromatic carbocycles. The van der Waals surface area contributed by atoms with Crippen LogP contribution in [-0.4, -0.2) is 36.1 Å². The van der Waals surface area contributed by atoms with Gasteiger partial charge in [-0.2, -0.15) is 0 Å². The lowest BCUT2D eigenvalue weighted by Crippen LogP contribution is -2.50. The van der Waals surface area contributed by atoms with Crippen LogP contribution >= 0.6 is 0 Å². The summed E-state index contributed by atoms with van der Waals surface area (Å²) in [5, 5.41) is 15.2. The van der Waals surface area contributed by atoms with E-state index >= 15 is 0 Å². The highest BCUT2D eigenvalue weighted by Crippen LogP contribution is 2.19. The Kier molecular flexibility index (Phi) is 6.99. The fourth-order valence-electron chi connectivity index (χ4n) is 2.75. The molecule has 5 heteroatoms. The number of nitrogens with one attached hydrogen (secondary N) is 2. The van der Waals surface area contributed by atoms with Crippen LogP contribution in [0.5, 0.6) is 0 Å². The predicted octanol–water partition coefficient (Wildman–Crippen LogP) is 1.63. The zero-order valence-corrected chi connectivity index (χ0v) is 12.8. The highest BCUT2D eigenvalue weighted by atomic mass is 16.4. The van der Waals surface area contributed by atoms with Gasteiger partial charge in [-0.05, 0) is 37.6 Å². The van der Waals surface area contributed by atoms with Gasteiger partial charge in [-0.25, -0.2) is 0 Å². The smallest absolute Gasteiger partial charge is 0.308 e. The Morgan fingerprint density at radius 2 is 2.10 bits per heavy atom. The van der Waals surface area contributed by atoms with Crippen LogP contribution < -0.4 is 10.6 Å². The lowest BCUT2D eigenvalue weighted by molar-refractivity contribution is -0.142. The molecule has 0 aliphatic carbocycles. The van der Waals surface area contributed by atoms with Crippen LogP contribution in [0.3, 0.4) is 0 Å². The van der Waals surface area contributed by atoms with Gasteiger partial charge in [-0.15, -0.1) is 0 Å². The van der Waals surface area contributed by atoms with E-state index in [1.54, 1.807) is 0 Å². The maximum atomic E-state index is 12.1. The summed E-state index contributed by atoms with van der Waals surface area (Å²) in [5.74, 6) is -0.479. The lowest BCUT2D eigenvalue weighted by atomic mass is 9.90. The Labute approximate surface area is 121 Å². The van der Waals surface area contributed by atoms with Crippen LogP contribution in [0.2, 0.25) is 0 Å². The molecule has 116 valence electrons. The van der Waals surface area contributed by atoms with Crippen LogP contribution in [0.4, 0.5) is 0 Å². The van der Waals surface area contributed by atoms with E-state index < -0.39 is 11.9 Å². The van der Waals surface area contributed by atoms with Gasteiger partial charge in [-0.1, -0.05) is 27.2 Å². The number of hydrogen-bond donors (Lipinski definition) is 3. The van der Waals surface area contributed by atoms with Gasteiger partial charge in [0.25, 0.3) is 0 Å². The molecule has 0 spiro atoms. The minimum absolute atomic E-state index is 0.0573. The van der Waals surface area contributed by atoms with Gasteiger partial charge in [0, 0.05) is 6.54 Å². The summed E-state index contributed by atoms with van der Waals surface area (Å²) in [6, 6.07) is -0.165. The van der Waals surface area contributed by atoms with Crippen molar-refractivity contribution in [3.8, 4) is 0 Å². The second kappa shape index (κ2) is 8.25. The number of aliphatic carboxylic acids is 1. The SMILES string of the molecule is CCC1CCNC(C(=O)NCC(CC(C)C)C(=O)O)C1. The molecule has 1 heterocycles. The third-order valence-corrected chi connectivity index (χ3v) is 4.03. The second-order valence-corrected chi connectivity index (χ2v) is 6.22. The van der Waals surface area contributed by atoms with Crippen LogP contribution in [-0.2, 0) is 9.59 Å². The Balaban J connectivity index is 2.42. The monoisotopic (exact) mass is 284 g/mol. The maximum Gasteiger partial charge on any atom is 0.308 e. The number of rotatable bonds is 7. The van der Waals surface area contributed by atoms with Crippen LogP contribution in [0.15, 0.2) is 0 Å². The van der Waals surface area contributed by atoms with Crippen molar-refractivity contribution in [3.05, 3.63) is 0 Å². The second-order valence-electron chi connectivity index (χ2n) is 6.22. The average molecular weight is 284 g/mol. The van der Waals surface area contributed by atoms with Crippen molar-refractivity contribution in [3.63, 3.8) is 0 Å². The van der Waals surface area contributed by atoms with E-state index in [9.17, 15) is 9.59 Å². The maximum absolute atomic E-state index is 12.1. The molecule has 1 saturated heterocycles. The first kappa shape index (κ1) is 17.0. The Morgan fingerprint density at radius 3 is 2.65 bits per heavy atom. The predicted molar refractivity (Wildman–Crippen MR) is 78.4 cm³/mol. The van der Waals surface area contributed by atoms with E-state index in [-0.39, 0.29) is 18.5 Å². The third kappa shape index (κ3) is 5.49. The molecule has 1 amide bonds. The van der Waals surface area contributed by atoms with E-state index in [2.05, 4.69) is 17.6 Å². The highest BCUT2D eigenvalue weighted by molar-refractivity contribution is 5.82. The number of carbonyl (C=O) groups excluding carboxylic acids is 1. The molecule has 1 rings (SSSR count). The van der Waals surface area contributed by atoms with E-state index in [1.807, 2.05) is 13.8 Å². The third-order valence-electron chi connectivity index (χ3n) is 4.03. The van der Waals surface area contributed by atoms with Crippen molar-refractivity contribution < 1.29 is 14.7 Å². The summed E-state index contributed by atoms with van der Waals surface area (Å²) in [6.07, 6.45) is 3.65. The molecule has 5 nitrogen and oxygen atoms in total. The number of carbonyl (C=O) groups is 2. The molecule has 1 aliphatic rings. The molecule has 20 heavy (non-hydrogen) atoms. The zero-order chi connectivity index (χ0) is 15.1. The van der Waals surface area contributed by atoms with E-state index in [4.69, 9.17) is 5.11 Å². The van der Waals surface area contributed by atoms with E-state index in [0.717, 1.165) is 25.8 Å². The molecular formula is C15H28N2O3. The Morgan fingerprint density at radius 1 is 1.40 bits per heavy atom. The zero-order valence-electron chi connectivity index (χ0n) is 12.8. The van der Waals surface area contributed by atoms with Crippen molar-refractivity contribution >= 4 is 11.9 Å². The van der Waals surface area contributed by atoms with Gasteiger partial charge in [0.15, 0.2) is 0 Å². The van der Waals surface area contributed by atoms with Crippen molar-refractivity contribution in [1.82, 2.24) is 10.6 Å². The van der Waals surface area contributed by atoms with Gasteiger partial charge in [0.05, 0.1) is 12.0 Å². The van der Waals surface area contributed by atoms with Gasteiger partial charge in [0.2, 0.25) is 5.91 Å². The summed E-state index contributed by atoms with van der Waals surface area (Å²) in [5.41, 5.74) is 0. The summed E-state index contributed by atoms with van der Waals surface area (Å²) in [7, 11) is 0. The van der Waals surface area contributed by atoms with Crippen molar-refractivity contribution in [2.75, 3.05) is 13.1 Å². The number of carboxylic acid groups (broad SMARTS) is 1. The molecule has 3 N–H and O–H groups in total. The standard InChI is InChI=1S/C15H28N2O3/c1-4-11-5-6-16-13(8-11)14(18)17-9-12(15(19)20)7-10(2)3/h10-13,16H,4-9H2,1-3H3,(H,17,18)(H,19,20). The van der Waals surface area contributed by atoms with E-state index in [1.165, 1.54) is 0 Å². The van der Waals surface area contributed by atoms with Gasteiger partial charge in [0.1, 0.15) is 0 Å². The van der Waals surface area contributed by atoms with Gasteiger partial charge < -0.3 is 15.7 Å². The molecule has 1 aliphatic heterocycles. The van der Waals surface area contributed by atoms with Crippen molar-refractivity contribution in [2.24, 2.45) is 17.8 Å². The summed E-state index contributed by atoms with van der Waals surface area (Å²) >= 11 is 0. The molecule has 3 unspecified atom stereocenters. The summed E-state index contributed by atoms with van der Waals surface area (Å²) in [6.45, 7) is 7.22. The molecule has 0 bridgehead atoms. The van der Waals surface area contributed by atoms with Crippen molar-refractivity contribution in [2.45, 2.75) is 52.5 Å². The largest absolute Gasteiger partial charge is 0.481 e. The first-order chi connectivity index (χ1) is 9.43. The number of piperidine rings is 1. The fraction of sp³-hybridized carbons (Fsp3) is 0.867. The minimum Gasteiger partial charge on any atom is -0.481 e. The first-order valence-corrected chi connectivity index (χ1v) is 7.67. The molecule has 0 aromatic rings. The number of hydrogen-bond acceptors (Lipinski definition) is 3. The summed E-state index contributed by atoms with van der Waals surface area (Å²) < 4.78 is 0. The normalized spacial score (nSPS) is 24.4. The highest BCUT2D eigenvalue weighted by Gasteiger charge is 2.27. The van der Waals surface area contributed by atoms with Crippen LogP contribution in [0.1, 0.15) is 46.5 Å². The Hall–Kier alpha value is -1.10. The molecule has 0 saturated carbocycles. The first-order valence-electron chi connectivity index (χ1n) is 7.67. The van der Waals surface area contributed by atoms with Crippen LogP contribution in [0.25, 0.3) is 0 Å². The van der Waals surface area contributed by atoms with Crippen LogP contribution in [0, 0.1) is 17.8 Å². The van der Waals surface area contributed by atoms with Gasteiger partial charge in [-0.3, -0.25) is 9.59 Å². The number of amides is 1.